The zero-order chi connectivity index (χ0) is 11.4. The average Bonchev–Trinajstić information content (AvgIpc) is 2.70. The highest BCUT2D eigenvalue weighted by Gasteiger charge is 2.36. The lowest BCUT2D eigenvalue weighted by Crippen LogP contribution is -2.39. The second-order valence-electron chi connectivity index (χ2n) is 6.04. The van der Waals surface area contributed by atoms with Crippen LogP contribution < -0.4 is 0 Å². The molecule has 1 unspecified atom stereocenters. The van der Waals surface area contributed by atoms with Crippen LogP contribution in [0.3, 0.4) is 0 Å². The van der Waals surface area contributed by atoms with Crippen LogP contribution in [0, 0.1) is 5.41 Å². The molecule has 0 bridgehead atoms. The van der Waals surface area contributed by atoms with Crippen molar-refractivity contribution in [2.75, 3.05) is 19.6 Å². The molecule has 2 fully saturated rings. The van der Waals surface area contributed by atoms with Crippen molar-refractivity contribution in [1.29, 1.82) is 0 Å². The van der Waals surface area contributed by atoms with Gasteiger partial charge in [0, 0.05) is 0 Å². The van der Waals surface area contributed by atoms with Crippen LogP contribution in [0.2, 0.25) is 0 Å². The zero-order valence-corrected chi connectivity index (χ0v) is 10.7. The van der Waals surface area contributed by atoms with E-state index in [4.69, 9.17) is 0 Å². The van der Waals surface area contributed by atoms with Gasteiger partial charge in [0.1, 0.15) is 0 Å². The molecular weight excluding hydrogens is 198 g/mol. The Morgan fingerprint density at radius 1 is 1.12 bits per heavy atom. The van der Waals surface area contributed by atoms with Gasteiger partial charge in [-0.2, -0.15) is 0 Å². The Labute approximate surface area is 100 Å². The van der Waals surface area contributed by atoms with E-state index >= 15 is 0 Å². The average molecular weight is 225 g/mol. The van der Waals surface area contributed by atoms with Crippen LogP contribution in [0.25, 0.3) is 0 Å². The predicted octanol–water partition coefficient (Wildman–Crippen LogP) is 2.80. The fraction of sp³-hybridized carbons (Fsp3) is 1.00. The molecule has 1 saturated carbocycles. The molecule has 1 heterocycles. The largest absolute Gasteiger partial charge is 0.393 e. The molecule has 2 nitrogen and oxygen atoms in total. The van der Waals surface area contributed by atoms with Gasteiger partial charge in [-0.15, -0.1) is 0 Å². The van der Waals surface area contributed by atoms with E-state index in [1.54, 1.807) is 0 Å². The van der Waals surface area contributed by atoms with Gasteiger partial charge in [-0.05, 0) is 70.5 Å². The van der Waals surface area contributed by atoms with Gasteiger partial charge in [-0.3, -0.25) is 0 Å². The summed E-state index contributed by atoms with van der Waals surface area (Å²) in [6.45, 7) is 5.70. The number of hydrogen-bond acceptors (Lipinski definition) is 2. The molecule has 16 heavy (non-hydrogen) atoms. The fourth-order valence-electron chi connectivity index (χ4n) is 3.49. The summed E-state index contributed by atoms with van der Waals surface area (Å²) in [6, 6.07) is 0. The van der Waals surface area contributed by atoms with Crippen LogP contribution in [0.4, 0.5) is 0 Å². The molecule has 1 aliphatic heterocycles. The normalized spacial score (nSPS) is 27.4. The van der Waals surface area contributed by atoms with Crippen LogP contribution in [0.1, 0.15) is 58.3 Å². The quantitative estimate of drug-likeness (QED) is 0.795. The molecule has 1 atom stereocenters. The first-order valence-electron chi connectivity index (χ1n) is 7.11. The number of aliphatic hydroxyl groups is 1. The summed E-state index contributed by atoms with van der Waals surface area (Å²) in [6.07, 6.45) is 10.8. The minimum Gasteiger partial charge on any atom is -0.393 e. The molecule has 94 valence electrons. The summed E-state index contributed by atoms with van der Waals surface area (Å²) < 4.78 is 0. The van der Waals surface area contributed by atoms with Gasteiger partial charge in [-0.25, -0.2) is 0 Å². The van der Waals surface area contributed by atoms with E-state index < -0.39 is 0 Å². The minimum absolute atomic E-state index is 0.119. The summed E-state index contributed by atoms with van der Waals surface area (Å²) in [5.74, 6) is 0. The Morgan fingerprint density at radius 3 is 2.31 bits per heavy atom. The Kier molecular flexibility index (Phi) is 4.26. The van der Waals surface area contributed by atoms with Gasteiger partial charge in [0.05, 0.1) is 6.10 Å². The Balaban J connectivity index is 1.65. The van der Waals surface area contributed by atoms with Crippen molar-refractivity contribution in [3.63, 3.8) is 0 Å². The molecule has 0 aromatic carbocycles. The maximum absolute atomic E-state index is 9.23. The predicted molar refractivity (Wildman–Crippen MR) is 67.5 cm³/mol. The zero-order valence-electron chi connectivity index (χ0n) is 10.7. The molecule has 2 heteroatoms. The molecule has 0 amide bonds. The lowest BCUT2D eigenvalue weighted by Gasteiger charge is -2.39. The smallest absolute Gasteiger partial charge is 0.0512 e. The SMILES string of the molecule is CC(O)CCCN1CCC2(CCCC2)CC1. The molecular formula is C14H27NO. The summed E-state index contributed by atoms with van der Waals surface area (Å²) >= 11 is 0. The van der Waals surface area contributed by atoms with Crippen LogP contribution in [-0.4, -0.2) is 35.7 Å². The van der Waals surface area contributed by atoms with E-state index in [1.807, 2.05) is 6.92 Å². The molecule has 0 radical (unpaired) electrons. The monoisotopic (exact) mass is 225 g/mol. The number of nitrogens with zero attached hydrogens (tertiary/aromatic N) is 1. The lowest BCUT2D eigenvalue weighted by molar-refractivity contribution is 0.101. The number of hydrogen-bond donors (Lipinski definition) is 1. The highest BCUT2D eigenvalue weighted by Crippen LogP contribution is 2.46. The maximum Gasteiger partial charge on any atom is 0.0512 e. The van der Waals surface area contributed by atoms with E-state index in [0.29, 0.717) is 0 Å². The fourth-order valence-corrected chi connectivity index (χ4v) is 3.49. The number of rotatable bonds is 4. The van der Waals surface area contributed by atoms with Crippen molar-refractivity contribution in [3.8, 4) is 0 Å². The van der Waals surface area contributed by atoms with Gasteiger partial charge in [0.15, 0.2) is 0 Å². The first-order valence-corrected chi connectivity index (χ1v) is 7.11. The number of piperidine rings is 1. The van der Waals surface area contributed by atoms with Crippen molar-refractivity contribution in [2.45, 2.75) is 64.4 Å². The third-order valence-corrected chi connectivity index (χ3v) is 4.68. The van der Waals surface area contributed by atoms with E-state index in [1.165, 1.54) is 58.2 Å². The van der Waals surface area contributed by atoms with Gasteiger partial charge >= 0.3 is 0 Å². The van der Waals surface area contributed by atoms with Crippen molar-refractivity contribution >= 4 is 0 Å². The first-order chi connectivity index (χ1) is 7.70. The van der Waals surface area contributed by atoms with Crippen LogP contribution in [0.15, 0.2) is 0 Å². The van der Waals surface area contributed by atoms with Crippen LogP contribution >= 0.6 is 0 Å². The molecule has 1 saturated heterocycles. The summed E-state index contributed by atoms with van der Waals surface area (Å²) in [7, 11) is 0. The van der Waals surface area contributed by atoms with E-state index in [0.717, 1.165) is 18.3 Å². The van der Waals surface area contributed by atoms with E-state index in [-0.39, 0.29) is 6.10 Å². The third kappa shape index (κ3) is 3.21. The Morgan fingerprint density at radius 2 is 1.75 bits per heavy atom. The molecule has 2 rings (SSSR count). The van der Waals surface area contributed by atoms with E-state index in [9.17, 15) is 5.11 Å². The van der Waals surface area contributed by atoms with Crippen molar-refractivity contribution in [2.24, 2.45) is 5.41 Å². The van der Waals surface area contributed by atoms with Gasteiger partial charge < -0.3 is 10.0 Å². The molecule has 1 spiro atoms. The van der Waals surface area contributed by atoms with Crippen LogP contribution in [0.5, 0.6) is 0 Å². The number of likely N-dealkylation sites (tertiary alicyclic amines) is 1. The highest BCUT2D eigenvalue weighted by atomic mass is 16.3. The van der Waals surface area contributed by atoms with Gasteiger partial charge in [0.25, 0.3) is 0 Å². The lowest BCUT2D eigenvalue weighted by atomic mass is 9.77. The maximum atomic E-state index is 9.23. The van der Waals surface area contributed by atoms with Crippen molar-refractivity contribution in [1.82, 2.24) is 4.90 Å². The van der Waals surface area contributed by atoms with Crippen LogP contribution in [-0.2, 0) is 0 Å². The minimum atomic E-state index is -0.119. The standard InChI is InChI=1S/C14H27NO/c1-13(16)5-4-10-15-11-8-14(9-12-15)6-2-3-7-14/h13,16H,2-12H2,1H3. The molecule has 1 N–H and O–H groups in total. The van der Waals surface area contributed by atoms with Crippen molar-refractivity contribution in [3.05, 3.63) is 0 Å². The Bertz CT molecular complexity index is 199. The second kappa shape index (κ2) is 5.50. The van der Waals surface area contributed by atoms with Gasteiger partial charge in [0.2, 0.25) is 0 Å². The Hall–Kier alpha value is -0.0800. The third-order valence-electron chi connectivity index (χ3n) is 4.68. The molecule has 0 aromatic rings. The highest BCUT2D eigenvalue weighted by molar-refractivity contribution is 4.89. The second-order valence-corrected chi connectivity index (χ2v) is 6.04. The topological polar surface area (TPSA) is 23.5 Å². The number of aliphatic hydroxyl groups excluding tert-OH is 1. The summed E-state index contributed by atoms with van der Waals surface area (Å²) in [5, 5.41) is 9.23. The van der Waals surface area contributed by atoms with E-state index in [2.05, 4.69) is 4.90 Å². The van der Waals surface area contributed by atoms with Crippen molar-refractivity contribution < 1.29 is 5.11 Å². The summed E-state index contributed by atoms with van der Waals surface area (Å²) in [5.41, 5.74) is 0.751. The first kappa shape index (κ1) is 12.4. The summed E-state index contributed by atoms with van der Waals surface area (Å²) in [4.78, 5) is 2.60. The molecule has 0 aromatic heterocycles. The molecule has 1 aliphatic carbocycles. The molecule has 2 aliphatic rings. The van der Waals surface area contributed by atoms with Gasteiger partial charge in [-0.1, -0.05) is 12.8 Å².